The van der Waals surface area contributed by atoms with Crippen molar-refractivity contribution < 1.29 is 15.1 Å². The normalized spacial score (nSPS) is 15.5. The molecule has 1 heterocycles. The van der Waals surface area contributed by atoms with Crippen molar-refractivity contribution in [3.05, 3.63) is 41.7 Å². The van der Waals surface area contributed by atoms with Crippen LogP contribution in [-0.4, -0.2) is 33.8 Å². The molecule has 0 radical (unpaired) electrons. The average molecular weight is 279 g/mol. The van der Waals surface area contributed by atoms with Crippen molar-refractivity contribution in [2.45, 2.75) is 12.5 Å². The van der Waals surface area contributed by atoms with Gasteiger partial charge < -0.3 is 16.3 Å². The Morgan fingerprint density at radius 1 is 1.40 bits per heavy atom. The molecule has 0 saturated carbocycles. The second-order valence-corrected chi connectivity index (χ2v) is 4.36. The molecule has 1 aliphatic heterocycles. The molecule has 0 aliphatic carbocycles. The van der Waals surface area contributed by atoms with E-state index in [2.05, 4.69) is 11.0 Å². The molecular formula is C12H17N5O3. The Morgan fingerprint density at radius 2 is 2.10 bits per heavy atom. The largest absolute Gasteiger partial charge is 0.508 e. The maximum absolute atomic E-state index is 11.8. The molecule has 1 aromatic rings. The number of nitrogens with zero attached hydrogens (tertiary/aromatic N) is 1. The van der Waals surface area contributed by atoms with Crippen LogP contribution in [0.4, 0.5) is 0 Å². The molecule has 2 rings (SSSR count). The standard InChI is InChI=1S/C12H17N5O3/c13-6-9-7-17(16-14-9)11(12(19)15-20)5-8-1-3-10(18)4-2-8/h1-4,7,11,14,16,18,20H,5-6,13H2,(H,15,19)/t11-/m0/s1. The molecule has 0 spiro atoms. The van der Waals surface area contributed by atoms with Gasteiger partial charge in [0.2, 0.25) is 0 Å². The van der Waals surface area contributed by atoms with Crippen LogP contribution in [0.5, 0.6) is 5.75 Å². The number of phenolic OH excluding ortho intramolecular Hbond substituents is 1. The topological polar surface area (TPSA) is 123 Å². The molecule has 8 nitrogen and oxygen atoms in total. The number of hydroxylamine groups is 1. The Kier molecular flexibility index (Phi) is 4.41. The van der Waals surface area contributed by atoms with Crippen LogP contribution in [0.3, 0.4) is 0 Å². The first kappa shape index (κ1) is 14.1. The number of benzene rings is 1. The van der Waals surface area contributed by atoms with Gasteiger partial charge in [-0.15, -0.1) is 5.53 Å². The van der Waals surface area contributed by atoms with E-state index in [0.717, 1.165) is 11.3 Å². The second kappa shape index (κ2) is 6.24. The number of rotatable bonds is 5. The smallest absolute Gasteiger partial charge is 0.268 e. The predicted octanol–water partition coefficient (Wildman–Crippen LogP) is -1.07. The average Bonchev–Trinajstić information content (AvgIpc) is 2.94. The van der Waals surface area contributed by atoms with Gasteiger partial charge in [-0.25, -0.2) is 5.48 Å². The molecule has 0 aromatic heterocycles. The number of amides is 1. The van der Waals surface area contributed by atoms with Gasteiger partial charge in [-0.3, -0.25) is 15.0 Å². The Balaban J connectivity index is 2.14. The lowest BCUT2D eigenvalue weighted by molar-refractivity contribution is -0.134. The fourth-order valence-electron chi connectivity index (χ4n) is 1.89. The van der Waals surface area contributed by atoms with E-state index in [9.17, 15) is 9.90 Å². The number of phenols is 1. The molecule has 0 bridgehead atoms. The fraction of sp³-hybridized carbons (Fsp3) is 0.250. The Morgan fingerprint density at radius 3 is 2.65 bits per heavy atom. The van der Waals surface area contributed by atoms with E-state index in [-0.39, 0.29) is 5.75 Å². The van der Waals surface area contributed by atoms with Crippen molar-refractivity contribution in [2.75, 3.05) is 6.54 Å². The predicted molar refractivity (Wildman–Crippen MR) is 70.8 cm³/mol. The number of hydrogen-bond acceptors (Lipinski definition) is 7. The van der Waals surface area contributed by atoms with Crippen molar-refractivity contribution in [1.82, 2.24) is 21.4 Å². The summed E-state index contributed by atoms with van der Waals surface area (Å²) in [5, 5.41) is 19.6. The molecule has 1 aliphatic rings. The summed E-state index contributed by atoms with van der Waals surface area (Å²) >= 11 is 0. The van der Waals surface area contributed by atoms with Crippen LogP contribution in [0.1, 0.15) is 5.56 Å². The van der Waals surface area contributed by atoms with E-state index in [1.54, 1.807) is 35.9 Å². The monoisotopic (exact) mass is 279 g/mol. The van der Waals surface area contributed by atoms with Crippen LogP contribution < -0.4 is 22.2 Å². The SMILES string of the molecule is NCC1=CN([C@@H](Cc2ccc(O)cc2)C(=O)NO)NN1. The van der Waals surface area contributed by atoms with Crippen molar-refractivity contribution in [2.24, 2.45) is 5.73 Å². The van der Waals surface area contributed by atoms with Crippen LogP contribution in [0.15, 0.2) is 36.2 Å². The minimum atomic E-state index is -0.666. The summed E-state index contributed by atoms with van der Waals surface area (Å²) < 4.78 is 0. The van der Waals surface area contributed by atoms with Gasteiger partial charge in [0.15, 0.2) is 0 Å². The lowest BCUT2D eigenvalue weighted by Crippen LogP contribution is -2.51. The highest BCUT2D eigenvalue weighted by Gasteiger charge is 2.27. The highest BCUT2D eigenvalue weighted by atomic mass is 16.5. The number of nitrogens with two attached hydrogens (primary N) is 1. The summed E-state index contributed by atoms with van der Waals surface area (Å²) in [6.07, 6.45) is 2.01. The molecule has 0 saturated heterocycles. The summed E-state index contributed by atoms with van der Waals surface area (Å²) in [5.74, 6) is -0.398. The van der Waals surface area contributed by atoms with Crippen molar-refractivity contribution in [1.29, 1.82) is 0 Å². The molecule has 1 amide bonds. The number of hydrogen-bond donors (Lipinski definition) is 6. The highest BCUT2D eigenvalue weighted by Crippen LogP contribution is 2.14. The lowest BCUT2D eigenvalue weighted by atomic mass is 10.0. The van der Waals surface area contributed by atoms with Crippen LogP contribution in [0, 0.1) is 0 Å². The number of hydrazine groups is 2. The molecule has 108 valence electrons. The zero-order valence-electron chi connectivity index (χ0n) is 10.7. The zero-order chi connectivity index (χ0) is 14.5. The molecule has 1 atom stereocenters. The van der Waals surface area contributed by atoms with Gasteiger partial charge in [0.05, 0.1) is 5.70 Å². The Bertz CT molecular complexity index is 502. The minimum absolute atomic E-state index is 0.156. The maximum Gasteiger partial charge on any atom is 0.268 e. The number of nitrogens with one attached hydrogen (secondary N) is 3. The summed E-state index contributed by atoms with van der Waals surface area (Å²) in [4.78, 5) is 11.8. The van der Waals surface area contributed by atoms with Gasteiger partial charge in [0.25, 0.3) is 5.91 Å². The summed E-state index contributed by atoms with van der Waals surface area (Å²) in [5.41, 5.74) is 14.3. The van der Waals surface area contributed by atoms with Crippen molar-refractivity contribution in [3.8, 4) is 5.75 Å². The van der Waals surface area contributed by atoms with Gasteiger partial charge in [-0.2, -0.15) is 0 Å². The van der Waals surface area contributed by atoms with Crippen LogP contribution >= 0.6 is 0 Å². The fourth-order valence-corrected chi connectivity index (χ4v) is 1.89. The van der Waals surface area contributed by atoms with Gasteiger partial charge in [0.1, 0.15) is 11.8 Å². The third-order valence-corrected chi connectivity index (χ3v) is 2.97. The zero-order valence-corrected chi connectivity index (χ0v) is 10.7. The quantitative estimate of drug-likeness (QED) is 0.300. The van der Waals surface area contributed by atoms with Gasteiger partial charge in [-0.05, 0) is 17.7 Å². The van der Waals surface area contributed by atoms with Crippen molar-refractivity contribution in [3.63, 3.8) is 0 Å². The van der Waals surface area contributed by atoms with Gasteiger partial charge in [-0.1, -0.05) is 12.1 Å². The Hall–Kier alpha value is -2.29. The van der Waals surface area contributed by atoms with E-state index >= 15 is 0 Å². The maximum atomic E-state index is 11.8. The second-order valence-electron chi connectivity index (χ2n) is 4.36. The van der Waals surface area contributed by atoms with Gasteiger partial charge >= 0.3 is 0 Å². The molecule has 8 heteroatoms. The van der Waals surface area contributed by atoms with Gasteiger partial charge in [0, 0.05) is 19.2 Å². The van der Waals surface area contributed by atoms with Crippen LogP contribution in [-0.2, 0) is 11.2 Å². The summed E-state index contributed by atoms with van der Waals surface area (Å²) in [6, 6.07) is 5.84. The van der Waals surface area contributed by atoms with E-state index in [0.29, 0.717) is 13.0 Å². The summed E-state index contributed by atoms with van der Waals surface area (Å²) in [6.45, 7) is 0.302. The summed E-state index contributed by atoms with van der Waals surface area (Å²) in [7, 11) is 0. The molecule has 1 aromatic carbocycles. The molecular weight excluding hydrogens is 262 g/mol. The molecule has 0 unspecified atom stereocenters. The van der Waals surface area contributed by atoms with E-state index in [1.165, 1.54) is 5.01 Å². The first-order valence-corrected chi connectivity index (χ1v) is 6.06. The Labute approximate surface area is 115 Å². The van der Waals surface area contributed by atoms with Crippen molar-refractivity contribution >= 4 is 5.91 Å². The number of carbonyl (C=O) groups is 1. The molecule has 0 fully saturated rings. The third kappa shape index (κ3) is 3.18. The lowest BCUT2D eigenvalue weighted by Gasteiger charge is -2.25. The number of aromatic hydroxyl groups is 1. The number of carbonyl (C=O) groups excluding carboxylic acids is 1. The first-order chi connectivity index (χ1) is 9.63. The highest BCUT2D eigenvalue weighted by molar-refractivity contribution is 5.81. The van der Waals surface area contributed by atoms with Crippen LogP contribution in [0.25, 0.3) is 0 Å². The third-order valence-electron chi connectivity index (χ3n) is 2.97. The first-order valence-electron chi connectivity index (χ1n) is 6.06. The van der Waals surface area contributed by atoms with Crippen LogP contribution in [0.2, 0.25) is 0 Å². The molecule has 7 N–H and O–H groups in total. The molecule has 20 heavy (non-hydrogen) atoms. The van der Waals surface area contributed by atoms with E-state index in [1.807, 2.05) is 0 Å². The minimum Gasteiger partial charge on any atom is -0.508 e. The van der Waals surface area contributed by atoms with E-state index < -0.39 is 11.9 Å². The van der Waals surface area contributed by atoms with E-state index in [4.69, 9.17) is 10.9 Å².